The average Bonchev–Trinajstić information content (AvgIpc) is 2.38. The fraction of sp³-hybridized carbons (Fsp3) is 0.417. The van der Waals surface area contributed by atoms with E-state index in [9.17, 15) is 13.2 Å². The number of aliphatic imine (C=N–C) groups is 1. The standard InChI is InChI=1S/C12H17F3N4O/c1-2-3-8-17-11(19-16)18-9-4-6-10(7-5-9)20-12(13,14)15/h4-7H,2-3,8,16H2,1H3,(H2,17,18,19). The van der Waals surface area contributed by atoms with Crippen molar-refractivity contribution in [1.29, 1.82) is 0 Å². The van der Waals surface area contributed by atoms with Gasteiger partial charge in [0.2, 0.25) is 5.96 Å². The van der Waals surface area contributed by atoms with Crippen LogP contribution in [0.5, 0.6) is 5.75 Å². The lowest BCUT2D eigenvalue weighted by atomic mass is 10.3. The first-order valence-corrected chi connectivity index (χ1v) is 6.08. The highest BCUT2D eigenvalue weighted by Crippen LogP contribution is 2.23. The molecule has 0 atom stereocenters. The molecule has 0 aromatic heterocycles. The quantitative estimate of drug-likeness (QED) is 0.256. The second-order valence-electron chi connectivity index (χ2n) is 3.93. The zero-order chi connectivity index (χ0) is 15.0. The van der Waals surface area contributed by atoms with Crippen molar-refractivity contribution >= 4 is 11.6 Å². The molecule has 0 bridgehead atoms. The topological polar surface area (TPSA) is 71.7 Å². The van der Waals surface area contributed by atoms with E-state index in [0.29, 0.717) is 18.2 Å². The van der Waals surface area contributed by atoms with Gasteiger partial charge in [0.1, 0.15) is 5.75 Å². The maximum atomic E-state index is 12.0. The fourth-order valence-corrected chi connectivity index (χ4v) is 1.35. The molecule has 0 spiro atoms. The molecule has 112 valence electrons. The van der Waals surface area contributed by atoms with E-state index in [1.807, 2.05) is 6.92 Å². The predicted molar refractivity (Wildman–Crippen MR) is 71.3 cm³/mol. The summed E-state index contributed by atoms with van der Waals surface area (Å²) in [6.07, 6.45) is -2.77. The Morgan fingerprint density at radius 3 is 2.45 bits per heavy atom. The van der Waals surface area contributed by atoms with E-state index in [-0.39, 0.29) is 5.75 Å². The highest BCUT2D eigenvalue weighted by atomic mass is 19.4. The molecule has 0 aliphatic carbocycles. The van der Waals surface area contributed by atoms with E-state index in [0.717, 1.165) is 12.8 Å². The van der Waals surface area contributed by atoms with E-state index in [4.69, 9.17) is 5.84 Å². The summed E-state index contributed by atoms with van der Waals surface area (Å²) in [5, 5.41) is 2.85. The minimum Gasteiger partial charge on any atom is -0.406 e. The van der Waals surface area contributed by atoms with Gasteiger partial charge in [-0.2, -0.15) is 0 Å². The van der Waals surface area contributed by atoms with Gasteiger partial charge in [-0.15, -0.1) is 13.2 Å². The molecule has 0 heterocycles. The maximum Gasteiger partial charge on any atom is 0.573 e. The molecule has 1 aromatic rings. The van der Waals surface area contributed by atoms with Crippen molar-refractivity contribution in [2.75, 3.05) is 11.9 Å². The number of benzene rings is 1. The lowest BCUT2D eigenvalue weighted by molar-refractivity contribution is -0.274. The summed E-state index contributed by atoms with van der Waals surface area (Å²) in [6.45, 7) is 2.65. The van der Waals surface area contributed by atoms with E-state index >= 15 is 0 Å². The fourth-order valence-electron chi connectivity index (χ4n) is 1.35. The molecule has 1 aromatic carbocycles. The number of halogens is 3. The second kappa shape index (κ2) is 7.59. The molecule has 5 nitrogen and oxygen atoms in total. The zero-order valence-electron chi connectivity index (χ0n) is 11.0. The number of hydrazine groups is 1. The molecule has 20 heavy (non-hydrogen) atoms. The molecular formula is C12H17F3N4O. The Kier molecular flexibility index (Phi) is 6.10. The number of alkyl halides is 3. The number of unbranched alkanes of at least 4 members (excludes halogenated alkanes) is 1. The number of ether oxygens (including phenoxy) is 1. The molecule has 0 unspecified atom stereocenters. The first-order chi connectivity index (χ1) is 9.44. The van der Waals surface area contributed by atoms with Crippen molar-refractivity contribution in [1.82, 2.24) is 5.43 Å². The number of nitrogens with one attached hydrogen (secondary N) is 2. The van der Waals surface area contributed by atoms with Crippen LogP contribution in [0.2, 0.25) is 0 Å². The zero-order valence-corrected chi connectivity index (χ0v) is 11.0. The van der Waals surface area contributed by atoms with E-state index in [2.05, 4.69) is 20.5 Å². The van der Waals surface area contributed by atoms with Crippen molar-refractivity contribution in [2.45, 2.75) is 26.1 Å². The van der Waals surface area contributed by atoms with Crippen molar-refractivity contribution < 1.29 is 17.9 Å². The normalized spacial score (nSPS) is 12.2. The lowest BCUT2D eigenvalue weighted by Gasteiger charge is -2.11. The largest absolute Gasteiger partial charge is 0.573 e. The smallest absolute Gasteiger partial charge is 0.406 e. The molecule has 0 radical (unpaired) electrons. The predicted octanol–water partition coefficient (Wildman–Crippen LogP) is 2.62. The first kappa shape index (κ1) is 16.1. The summed E-state index contributed by atoms with van der Waals surface area (Å²) in [5.74, 6) is 5.37. The van der Waals surface area contributed by atoms with Gasteiger partial charge in [-0.25, -0.2) is 5.84 Å². The third kappa shape index (κ3) is 6.28. The Hall–Kier alpha value is -1.96. The summed E-state index contributed by atoms with van der Waals surface area (Å²) in [5.41, 5.74) is 2.94. The van der Waals surface area contributed by atoms with Gasteiger partial charge in [0.15, 0.2) is 0 Å². The Labute approximate surface area is 115 Å². The minimum atomic E-state index is -4.69. The average molecular weight is 290 g/mol. The molecule has 0 saturated carbocycles. The van der Waals surface area contributed by atoms with Crippen LogP contribution in [-0.2, 0) is 0 Å². The highest BCUT2D eigenvalue weighted by molar-refractivity contribution is 5.93. The van der Waals surface area contributed by atoms with Crippen LogP contribution >= 0.6 is 0 Å². The maximum absolute atomic E-state index is 12.0. The van der Waals surface area contributed by atoms with Crippen molar-refractivity contribution in [3.05, 3.63) is 24.3 Å². The van der Waals surface area contributed by atoms with Crippen LogP contribution in [0.15, 0.2) is 29.3 Å². The van der Waals surface area contributed by atoms with Gasteiger partial charge in [0.05, 0.1) is 0 Å². The lowest BCUT2D eigenvalue weighted by Crippen LogP contribution is -2.36. The number of nitrogens with two attached hydrogens (primary N) is 1. The van der Waals surface area contributed by atoms with Gasteiger partial charge in [-0.05, 0) is 30.7 Å². The van der Waals surface area contributed by atoms with Gasteiger partial charge < -0.3 is 10.1 Å². The molecular weight excluding hydrogens is 273 g/mol. The number of hydrogen-bond donors (Lipinski definition) is 3. The van der Waals surface area contributed by atoms with Crippen LogP contribution in [0.25, 0.3) is 0 Å². The van der Waals surface area contributed by atoms with Crippen LogP contribution in [0, 0.1) is 0 Å². The van der Waals surface area contributed by atoms with Crippen LogP contribution in [0.4, 0.5) is 18.9 Å². The third-order valence-corrected chi connectivity index (χ3v) is 2.27. The number of hydrogen-bond acceptors (Lipinski definition) is 3. The van der Waals surface area contributed by atoms with Crippen molar-refractivity contribution in [3.63, 3.8) is 0 Å². The molecule has 1 rings (SSSR count). The SMILES string of the molecule is CCCCN=C(NN)Nc1ccc(OC(F)(F)F)cc1. The van der Waals surface area contributed by atoms with Gasteiger partial charge >= 0.3 is 6.36 Å². The summed E-state index contributed by atoms with van der Waals surface area (Å²) in [4.78, 5) is 4.17. The summed E-state index contributed by atoms with van der Waals surface area (Å²) >= 11 is 0. The molecule has 4 N–H and O–H groups in total. The van der Waals surface area contributed by atoms with E-state index in [1.54, 1.807) is 0 Å². The third-order valence-electron chi connectivity index (χ3n) is 2.27. The molecule has 8 heteroatoms. The monoisotopic (exact) mass is 290 g/mol. The van der Waals surface area contributed by atoms with Gasteiger partial charge in [0.25, 0.3) is 0 Å². The number of rotatable bonds is 5. The molecule has 0 amide bonds. The minimum absolute atomic E-state index is 0.284. The van der Waals surface area contributed by atoms with E-state index in [1.165, 1.54) is 24.3 Å². The van der Waals surface area contributed by atoms with Crippen LogP contribution in [-0.4, -0.2) is 18.9 Å². The van der Waals surface area contributed by atoms with Crippen LogP contribution in [0.1, 0.15) is 19.8 Å². The summed E-state index contributed by atoms with van der Waals surface area (Å²) < 4.78 is 39.8. The van der Waals surface area contributed by atoms with Crippen LogP contribution in [0.3, 0.4) is 0 Å². The van der Waals surface area contributed by atoms with Crippen molar-refractivity contribution in [2.24, 2.45) is 10.8 Å². The molecule has 0 aliphatic rings. The molecule has 0 saturated heterocycles. The Morgan fingerprint density at radius 1 is 1.30 bits per heavy atom. The Balaban J connectivity index is 2.61. The summed E-state index contributed by atoms with van der Waals surface area (Å²) in [6, 6.07) is 5.29. The second-order valence-corrected chi connectivity index (χ2v) is 3.93. The Bertz CT molecular complexity index is 431. The Morgan fingerprint density at radius 2 is 1.95 bits per heavy atom. The van der Waals surface area contributed by atoms with Crippen LogP contribution < -0.4 is 21.3 Å². The molecule has 0 fully saturated rings. The van der Waals surface area contributed by atoms with Gasteiger partial charge in [-0.3, -0.25) is 10.4 Å². The molecule has 0 aliphatic heterocycles. The van der Waals surface area contributed by atoms with Crippen molar-refractivity contribution in [3.8, 4) is 5.75 Å². The highest BCUT2D eigenvalue weighted by Gasteiger charge is 2.30. The number of anilines is 1. The number of nitrogens with zero attached hydrogens (tertiary/aromatic N) is 1. The first-order valence-electron chi connectivity index (χ1n) is 6.08. The number of guanidine groups is 1. The van der Waals surface area contributed by atoms with Gasteiger partial charge in [-0.1, -0.05) is 13.3 Å². The van der Waals surface area contributed by atoms with E-state index < -0.39 is 6.36 Å². The van der Waals surface area contributed by atoms with Gasteiger partial charge in [0, 0.05) is 12.2 Å². The summed E-state index contributed by atoms with van der Waals surface area (Å²) in [7, 11) is 0.